The van der Waals surface area contributed by atoms with Crippen molar-refractivity contribution in [2.45, 2.75) is 38.4 Å². The number of hydrogen-bond donors (Lipinski definition) is 2. The molecule has 134 valence electrons. The van der Waals surface area contributed by atoms with E-state index in [9.17, 15) is 22.4 Å². The van der Waals surface area contributed by atoms with Crippen LogP contribution >= 0.6 is 0 Å². The number of alkyl halides is 3. The fraction of sp³-hybridized carbons (Fsp3) is 0.562. The number of nitrogens with one attached hydrogen (secondary N) is 2. The fourth-order valence-electron chi connectivity index (χ4n) is 2.79. The maximum absolute atomic E-state index is 13.2. The maximum Gasteiger partial charge on any atom is 0.419 e. The van der Waals surface area contributed by atoms with Crippen molar-refractivity contribution in [1.82, 2.24) is 10.2 Å². The Bertz CT molecular complexity index is 569. The van der Waals surface area contributed by atoms with Gasteiger partial charge in [0.05, 0.1) is 5.56 Å². The van der Waals surface area contributed by atoms with Crippen LogP contribution in [0.4, 0.5) is 28.0 Å². The van der Waals surface area contributed by atoms with Gasteiger partial charge in [0.15, 0.2) is 0 Å². The van der Waals surface area contributed by atoms with E-state index in [-0.39, 0.29) is 11.7 Å². The molecular formula is C16H21F4N3O. The van der Waals surface area contributed by atoms with Gasteiger partial charge in [0.25, 0.3) is 0 Å². The molecule has 4 nitrogen and oxygen atoms in total. The van der Waals surface area contributed by atoms with E-state index >= 15 is 0 Å². The number of hydrogen-bond acceptors (Lipinski definition) is 2. The van der Waals surface area contributed by atoms with Gasteiger partial charge in [-0.3, -0.25) is 0 Å². The number of likely N-dealkylation sites (tertiary alicyclic amines) is 1. The van der Waals surface area contributed by atoms with Crippen LogP contribution in [0.2, 0.25) is 0 Å². The van der Waals surface area contributed by atoms with E-state index in [1.165, 1.54) is 0 Å². The molecule has 0 radical (unpaired) electrons. The Balaban J connectivity index is 1.89. The fourth-order valence-corrected chi connectivity index (χ4v) is 2.79. The molecule has 0 saturated carbocycles. The zero-order valence-corrected chi connectivity index (χ0v) is 13.4. The van der Waals surface area contributed by atoms with Gasteiger partial charge >= 0.3 is 12.2 Å². The van der Waals surface area contributed by atoms with E-state index < -0.39 is 23.6 Å². The third kappa shape index (κ3) is 5.09. The molecule has 1 aliphatic heterocycles. The zero-order chi connectivity index (χ0) is 17.7. The highest BCUT2D eigenvalue weighted by Gasteiger charge is 2.34. The third-order valence-electron chi connectivity index (χ3n) is 3.99. The highest BCUT2D eigenvalue weighted by Crippen LogP contribution is 2.32. The van der Waals surface area contributed by atoms with Crippen LogP contribution in [-0.2, 0) is 6.18 Å². The lowest BCUT2D eigenvalue weighted by molar-refractivity contribution is -0.139. The average molecular weight is 347 g/mol. The molecule has 1 aromatic rings. The second-order valence-corrected chi connectivity index (χ2v) is 5.91. The molecule has 1 aromatic carbocycles. The lowest BCUT2D eigenvalue weighted by Gasteiger charge is -2.32. The summed E-state index contributed by atoms with van der Waals surface area (Å²) < 4.78 is 51.2. The molecule has 2 amide bonds. The molecule has 2 rings (SSSR count). The number of anilines is 1. The molecule has 1 heterocycles. The van der Waals surface area contributed by atoms with Crippen molar-refractivity contribution in [2.75, 3.05) is 25.0 Å². The normalized spacial score (nSPS) is 16.9. The van der Waals surface area contributed by atoms with Crippen LogP contribution in [0, 0.1) is 5.82 Å². The van der Waals surface area contributed by atoms with Crippen LogP contribution in [0.15, 0.2) is 18.2 Å². The number of halogens is 4. The topological polar surface area (TPSA) is 44.4 Å². The molecule has 1 fully saturated rings. The Morgan fingerprint density at radius 2 is 1.96 bits per heavy atom. The van der Waals surface area contributed by atoms with Gasteiger partial charge in [-0.05, 0) is 44.0 Å². The van der Waals surface area contributed by atoms with Crippen molar-refractivity contribution in [1.29, 1.82) is 0 Å². The van der Waals surface area contributed by atoms with Gasteiger partial charge in [0.2, 0.25) is 0 Å². The van der Waals surface area contributed by atoms with Gasteiger partial charge in [-0.15, -0.1) is 0 Å². The second-order valence-electron chi connectivity index (χ2n) is 5.91. The first-order chi connectivity index (χ1) is 11.3. The van der Waals surface area contributed by atoms with E-state index in [0.717, 1.165) is 45.0 Å². The van der Waals surface area contributed by atoms with E-state index in [1.807, 2.05) is 0 Å². The van der Waals surface area contributed by atoms with Crippen LogP contribution in [-0.4, -0.2) is 36.6 Å². The number of urea groups is 1. The van der Waals surface area contributed by atoms with Gasteiger partial charge in [0.1, 0.15) is 5.82 Å². The molecule has 1 aliphatic rings. The van der Waals surface area contributed by atoms with Crippen LogP contribution in [0.3, 0.4) is 0 Å². The summed E-state index contributed by atoms with van der Waals surface area (Å²) in [7, 11) is 0. The maximum atomic E-state index is 13.2. The number of nitrogens with zero attached hydrogens (tertiary/aromatic N) is 1. The van der Waals surface area contributed by atoms with Gasteiger partial charge in [-0.1, -0.05) is 6.92 Å². The second kappa shape index (κ2) is 7.83. The van der Waals surface area contributed by atoms with Crippen LogP contribution in [0.25, 0.3) is 0 Å². The molecule has 1 saturated heterocycles. The number of rotatable bonds is 4. The summed E-state index contributed by atoms with van der Waals surface area (Å²) in [5.41, 5.74) is -1.49. The highest BCUT2D eigenvalue weighted by atomic mass is 19.4. The lowest BCUT2D eigenvalue weighted by Crippen LogP contribution is -2.46. The number of piperidine rings is 1. The first-order valence-corrected chi connectivity index (χ1v) is 7.96. The van der Waals surface area contributed by atoms with Crippen molar-refractivity contribution in [3.63, 3.8) is 0 Å². The van der Waals surface area contributed by atoms with Crippen molar-refractivity contribution < 1.29 is 22.4 Å². The monoisotopic (exact) mass is 347 g/mol. The van der Waals surface area contributed by atoms with Gasteiger partial charge < -0.3 is 15.5 Å². The van der Waals surface area contributed by atoms with Crippen molar-refractivity contribution >= 4 is 11.7 Å². The number of carbonyl (C=O) groups excluding carboxylic acids is 1. The van der Waals surface area contributed by atoms with E-state index in [1.54, 1.807) is 0 Å². The number of amides is 2. The Kier molecular flexibility index (Phi) is 6.04. The molecular weight excluding hydrogens is 326 g/mol. The summed E-state index contributed by atoms with van der Waals surface area (Å²) in [5.74, 6) is -1.36. The van der Waals surface area contributed by atoms with E-state index in [2.05, 4.69) is 22.5 Å². The summed E-state index contributed by atoms with van der Waals surface area (Å²) in [6, 6.07) is 1.80. The third-order valence-corrected chi connectivity index (χ3v) is 3.99. The summed E-state index contributed by atoms with van der Waals surface area (Å²) in [6.07, 6.45) is -2.13. The van der Waals surface area contributed by atoms with Crippen molar-refractivity contribution in [3.8, 4) is 0 Å². The summed E-state index contributed by atoms with van der Waals surface area (Å²) in [5, 5.41) is 5.09. The van der Waals surface area contributed by atoms with Gasteiger partial charge in [0, 0.05) is 24.8 Å². The predicted octanol–water partition coefficient (Wildman–Crippen LogP) is 3.84. The van der Waals surface area contributed by atoms with Crippen LogP contribution in [0.1, 0.15) is 31.7 Å². The first kappa shape index (κ1) is 18.5. The summed E-state index contributed by atoms with van der Waals surface area (Å²) in [6.45, 7) is 4.89. The minimum atomic E-state index is -4.80. The molecule has 0 atom stereocenters. The van der Waals surface area contributed by atoms with Crippen molar-refractivity contribution in [3.05, 3.63) is 29.6 Å². The molecule has 0 aromatic heterocycles. The molecule has 0 unspecified atom stereocenters. The Labute approximate surface area is 138 Å². The van der Waals surface area contributed by atoms with E-state index in [4.69, 9.17) is 0 Å². The predicted molar refractivity (Wildman–Crippen MR) is 83.3 cm³/mol. The Morgan fingerprint density at radius 3 is 2.54 bits per heavy atom. The quantitative estimate of drug-likeness (QED) is 0.813. The molecule has 24 heavy (non-hydrogen) atoms. The zero-order valence-electron chi connectivity index (χ0n) is 13.4. The minimum absolute atomic E-state index is 0.0133. The van der Waals surface area contributed by atoms with Crippen LogP contribution in [0.5, 0.6) is 0 Å². The number of carbonyl (C=O) groups is 1. The molecule has 0 aliphatic carbocycles. The molecule has 2 N–H and O–H groups in total. The minimum Gasteiger partial charge on any atom is -0.335 e. The molecule has 0 bridgehead atoms. The highest BCUT2D eigenvalue weighted by molar-refractivity contribution is 5.89. The van der Waals surface area contributed by atoms with Gasteiger partial charge in [-0.25, -0.2) is 9.18 Å². The largest absolute Gasteiger partial charge is 0.419 e. The summed E-state index contributed by atoms with van der Waals surface area (Å²) >= 11 is 0. The van der Waals surface area contributed by atoms with E-state index in [0.29, 0.717) is 12.1 Å². The first-order valence-electron chi connectivity index (χ1n) is 7.96. The van der Waals surface area contributed by atoms with Crippen molar-refractivity contribution in [2.24, 2.45) is 0 Å². The standard InChI is InChI=1S/C16H21F4N3O/c1-2-7-23-8-5-11(6-9-23)21-15(24)22-12-3-4-14(17)13(10-12)16(18,19)20/h3-4,10-11H,2,5-9H2,1H3,(H2,21,22,24). The number of benzene rings is 1. The lowest BCUT2D eigenvalue weighted by atomic mass is 10.1. The Hall–Kier alpha value is -1.83. The summed E-state index contributed by atoms with van der Waals surface area (Å²) in [4.78, 5) is 14.2. The molecule has 0 spiro atoms. The Morgan fingerprint density at radius 1 is 1.29 bits per heavy atom. The van der Waals surface area contributed by atoms with Gasteiger partial charge in [-0.2, -0.15) is 13.2 Å². The average Bonchev–Trinajstić information content (AvgIpc) is 2.50. The van der Waals surface area contributed by atoms with Crippen LogP contribution < -0.4 is 10.6 Å². The molecule has 8 heteroatoms. The smallest absolute Gasteiger partial charge is 0.335 e. The SMILES string of the molecule is CCCN1CCC(NC(=O)Nc2ccc(F)c(C(F)(F)F)c2)CC1.